The normalized spacial score (nSPS) is 10.7. The smallest absolute Gasteiger partial charge is 0.267 e. The second-order valence-corrected chi connectivity index (χ2v) is 5.33. The third-order valence-corrected chi connectivity index (χ3v) is 3.37. The number of carbonyl (C=O) groups excluding carboxylic acids is 1. The molecule has 0 bridgehead atoms. The van der Waals surface area contributed by atoms with E-state index in [1.54, 1.807) is 30.6 Å². The first-order valence-corrected chi connectivity index (χ1v) is 7.34. The highest BCUT2D eigenvalue weighted by atomic mass is 35.5. The maximum atomic E-state index is 12.1. The Morgan fingerprint density at radius 1 is 1.35 bits per heavy atom. The number of rotatable bonds is 5. The van der Waals surface area contributed by atoms with Gasteiger partial charge in [-0.3, -0.25) is 9.78 Å². The quantitative estimate of drug-likeness (QED) is 0.641. The van der Waals surface area contributed by atoms with E-state index in [1.807, 2.05) is 12.1 Å². The van der Waals surface area contributed by atoms with Crippen LogP contribution in [0.3, 0.4) is 0 Å². The van der Waals surface area contributed by atoms with Crippen molar-refractivity contribution in [2.24, 2.45) is 0 Å². The molecule has 7 heteroatoms. The molecule has 0 aliphatic carbocycles. The second kappa shape index (κ2) is 8.18. The van der Waals surface area contributed by atoms with Gasteiger partial charge >= 0.3 is 0 Å². The van der Waals surface area contributed by atoms with Crippen molar-refractivity contribution < 1.29 is 4.79 Å². The van der Waals surface area contributed by atoms with Gasteiger partial charge in [0.25, 0.3) is 5.91 Å². The fourth-order valence-electron chi connectivity index (χ4n) is 1.70. The van der Waals surface area contributed by atoms with E-state index in [4.69, 9.17) is 28.5 Å². The number of aromatic nitrogens is 1. The molecule has 0 aliphatic rings. The summed E-state index contributed by atoms with van der Waals surface area (Å²) in [5.74, 6) is -0.560. The molecule has 1 aromatic heterocycles. The first kappa shape index (κ1) is 16.8. The largest absolute Gasteiger partial charge is 0.386 e. The molecule has 0 saturated carbocycles. The van der Waals surface area contributed by atoms with Crippen LogP contribution < -0.4 is 10.6 Å². The zero-order valence-electron chi connectivity index (χ0n) is 11.9. The van der Waals surface area contributed by atoms with Crippen molar-refractivity contribution >= 4 is 34.8 Å². The van der Waals surface area contributed by atoms with Gasteiger partial charge in [0.15, 0.2) is 0 Å². The van der Waals surface area contributed by atoms with E-state index in [-0.39, 0.29) is 5.57 Å². The Hall–Kier alpha value is -2.55. The molecule has 0 saturated heterocycles. The van der Waals surface area contributed by atoms with Crippen molar-refractivity contribution in [2.75, 3.05) is 5.32 Å². The average Bonchev–Trinajstić information content (AvgIpc) is 2.55. The number of nitrogens with one attached hydrogen (secondary N) is 2. The fourth-order valence-corrected chi connectivity index (χ4v) is 2.16. The molecule has 116 valence electrons. The highest BCUT2D eigenvalue weighted by Gasteiger charge is 2.11. The Balaban J connectivity index is 2.00. The molecule has 0 radical (unpaired) electrons. The molecule has 1 heterocycles. The molecular formula is C16H12Cl2N4O. The van der Waals surface area contributed by atoms with Gasteiger partial charge in [0.1, 0.15) is 11.6 Å². The summed E-state index contributed by atoms with van der Waals surface area (Å²) in [7, 11) is 0. The molecule has 0 unspecified atom stereocenters. The minimum absolute atomic E-state index is 0.0695. The average molecular weight is 347 g/mol. The van der Waals surface area contributed by atoms with Gasteiger partial charge in [-0.25, -0.2) is 0 Å². The monoisotopic (exact) mass is 346 g/mol. The molecule has 5 nitrogen and oxygen atoms in total. The summed E-state index contributed by atoms with van der Waals surface area (Å²) in [4.78, 5) is 16.1. The van der Waals surface area contributed by atoms with Gasteiger partial charge in [-0.1, -0.05) is 29.3 Å². The van der Waals surface area contributed by atoms with Crippen LogP contribution >= 0.6 is 23.2 Å². The predicted octanol–water partition coefficient (Wildman–Crippen LogP) is 3.52. The van der Waals surface area contributed by atoms with Crippen LogP contribution in [-0.4, -0.2) is 10.9 Å². The standard InChI is InChI=1S/C16H12Cl2N4O/c17-13-3-4-15(14(18)6-13)22-16(23)12(7-19)10-21-9-11-2-1-5-20-8-11/h1-6,8,10,21H,9H2,(H,22,23)/b12-10-. The van der Waals surface area contributed by atoms with Gasteiger partial charge in [-0.05, 0) is 29.8 Å². The van der Waals surface area contributed by atoms with E-state index in [1.165, 1.54) is 12.3 Å². The topological polar surface area (TPSA) is 77.8 Å². The van der Waals surface area contributed by atoms with Crippen LogP contribution in [0, 0.1) is 11.3 Å². The summed E-state index contributed by atoms with van der Waals surface area (Å²) >= 11 is 11.8. The first-order valence-electron chi connectivity index (χ1n) is 6.59. The summed E-state index contributed by atoms with van der Waals surface area (Å²) < 4.78 is 0. The molecule has 23 heavy (non-hydrogen) atoms. The SMILES string of the molecule is N#C/C(=C/NCc1cccnc1)C(=O)Nc1ccc(Cl)cc1Cl. The minimum Gasteiger partial charge on any atom is -0.386 e. The van der Waals surface area contributed by atoms with Crippen LogP contribution in [0.4, 0.5) is 5.69 Å². The van der Waals surface area contributed by atoms with Gasteiger partial charge in [0.05, 0.1) is 10.7 Å². The lowest BCUT2D eigenvalue weighted by Crippen LogP contribution is -2.16. The van der Waals surface area contributed by atoms with E-state index in [9.17, 15) is 4.79 Å². The summed E-state index contributed by atoms with van der Waals surface area (Å²) in [6, 6.07) is 10.2. The fraction of sp³-hybridized carbons (Fsp3) is 0.0625. The number of nitriles is 1. The van der Waals surface area contributed by atoms with Crippen LogP contribution in [0.15, 0.2) is 54.5 Å². The van der Waals surface area contributed by atoms with Crippen LogP contribution in [0.1, 0.15) is 5.56 Å². The number of hydrogen-bond donors (Lipinski definition) is 2. The first-order chi connectivity index (χ1) is 11.1. The van der Waals surface area contributed by atoms with Gasteiger partial charge < -0.3 is 10.6 Å². The zero-order chi connectivity index (χ0) is 16.7. The van der Waals surface area contributed by atoms with Crippen LogP contribution in [0.25, 0.3) is 0 Å². The molecule has 1 aromatic carbocycles. The van der Waals surface area contributed by atoms with Crippen LogP contribution in [0.5, 0.6) is 0 Å². The number of hydrogen-bond acceptors (Lipinski definition) is 4. The van der Waals surface area contributed by atoms with E-state index in [0.29, 0.717) is 22.3 Å². The molecule has 0 atom stereocenters. The Labute approximate surface area is 143 Å². The van der Waals surface area contributed by atoms with Crippen LogP contribution in [-0.2, 0) is 11.3 Å². The number of amides is 1. The number of benzene rings is 1. The van der Waals surface area contributed by atoms with Gasteiger partial charge in [0, 0.05) is 30.2 Å². The van der Waals surface area contributed by atoms with E-state index in [2.05, 4.69) is 15.6 Å². The van der Waals surface area contributed by atoms with Crippen molar-refractivity contribution in [1.29, 1.82) is 5.26 Å². The second-order valence-electron chi connectivity index (χ2n) is 4.49. The molecule has 2 rings (SSSR count). The lowest BCUT2D eigenvalue weighted by molar-refractivity contribution is -0.112. The van der Waals surface area contributed by atoms with Gasteiger partial charge in [0.2, 0.25) is 0 Å². The van der Waals surface area contributed by atoms with E-state index in [0.717, 1.165) is 5.56 Å². The van der Waals surface area contributed by atoms with Crippen LogP contribution in [0.2, 0.25) is 10.0 Å². The van der Waals surface area contributed by atoms with Gasteiger partial charge in [-0.15, -0.1) is 0 Å². The number of halogens is 2. The molecule has 0 aliphatic heterocycles. The molecular weight excluding hydrogens is 335 g/mol. The zero-order valence-corrected chi connectivity index (χ0v) is 13.4. The predicted molar refractivity (Wildman–Crippen MR) is 89.9 cm³/mol. The highest BCUT2D eigenvalue weighted by molar-refractivity contribution is 6.36. The summed E-state index contributed by atoms with van der Waals surface area (Å²) in [6.07, 6.45) is 4.72. The Morgan fingerprint density at radius 3 is 2.83 bits per heavy atom. The van der Waals surface area contributed by atoms with Crippen molar-refractivity contribution in [1.82, 2.24) is 10.3 Å². The lowest BCUT2D eigenvalue weighted by Gasteiger charge is -2.07. The van der Waals surface area contributed by atoms with Crippen molar-refractivity contribution in [3.05, 3.63) is 70.1 Å². The summed E-state index contributed by atoms with van der Waals surface area (Å²) in [5, 5.41) is 15.3. The van der Waals surface area contributed by atoms with Crippen molar-refractivity contribution in [3.8, 4) is 6.07 Å². The van der Waals surface area contributed by atoms with Crippen molar-refractivity contribution in [3.63, 3.8) is 0 Å². The third kappa shape index (κ3) is 4.99. The molecule has 2 aromatic rings. The Morgan fingerprint density at radius 2 is 2.17 bits per heavy atom. The molecule has 2 N–H and O–H groups in total. The minimum atomic E-state index is -0.560. The Bertz CT molecular complexity index is 769. The maximum absolute atomic E-state index is 12.1. The molecule has 1 amide bonds. The lowest BCUT2D eigenvalue weighted by atomic mass is 10.2. The number of carbonyl (C=O) groups is 1. The highest BCUT2D eigenvalue weighted by Crippen LogP contribution is 2.25. The third-order valence-electron chi connectivity index (χ3n) is 2.82. The molecule has 0 spiro atoms. The number of nitrogens with zero attached hydrogens (tertiary/aromatic N) is 2. The van der Waals surface area contributed by atoms with E-state index < -0.39 is 5.91 Å². The maximum Gasteiger partial charge on any atom is 0.267 e. The summed E-state index contributed by atoms with van der Waals surface area (Å²) in [5.41, 5.74) is 1.25. The van der Waals surface area contributed by atoms with Gasteiger partial charge in [-0.2, -0.15) is 5.26 Å². The number of anilines is 1. The number of pyridine rings is 1. The van der Waals surface area contributed by atoms with E-state index >= 15 is 0 Å². The van der Waals surface area contributed by atoms with Crippen molar-refractivity contribution in [2.45, 2.75) is 6.54 Å². The summed E-state index contributed by atoms with van der Waals surface area (Å²) in [6.45, 7) is 0.452. The molecule has 0 fully saturated rings. The Kier molecular flexibility index (Phi) is 5.98.